The molecule has 1 N–H and O–H groups in total. The van der Waals surface area contributed by atoms with E-state index in [0.717, 1.165) is 60.5 Å². The molecule has 1 fully saturated rings. The number of likely N-dealkylation sites (tertiary alicyclic amines) is 1. The molecule has 39 heavy (non-hydrogen) atoms. The van der Waals surface area contributed by atoms with Crippen LogP contribution in [0.15, 0.2) is 79.1 Å². The van der Waals surface area contributed by atoms with Crippen LogP contribution in [-0.4, -0.2) is 49.0 Å². The zero-order valence-corrected chi connectivity index (χ0v) is 21.9. The molecule has 8 nitrogen and oxygen atoms in total. The van der Waals surface area contributed by atoms with Crippen molar-refractivity contribution in [3.8, 4) is 28.6 Å². The summed E-state index contributed by atoms with van der Waals surface area (Å²) in [5.74, 6) is 0.894. The molecule has 2 aromatic carbocycles. The first-order valence-electron chi connectivity index (χ1n) is 12.9. The fraction of sp³-hybridized carbons (Fsp3) is 0.200. The third-order valence-electron chi connectivity index (χ3n) is 6.91. The minimum absolute atomic E-state index is 0.186. The monoisotopic (exact) mass is 532 g/mol. The number of piperidine rings is 1. The van der Waals surface area contributed by atoms with Crippen LogP contribution in [-0.2, 0) is 6.54 Å². The number of anilines is 1. The quantitative estimate of drug-likeness (QED) is 0.276. The maximum absolute atomic E-state index is 9.02. The predicted octanol–water partition coefficient (Wildman–Crippen LogP) is 5.75. The van der Waals surface area contributed by atoms with Crippen LogP contribution in [0, 0.1) is 11.3 Å². The van der Waals surface area contributed by atoms with E-state index >= 15 is 0 Å². The maximum Gasteiger partial charge on any atom is 0.234 e. The Balaban J connectivity index is 1.17. The predicted molar refractivity (Wildman–Crippen MR) is 152 cm³/mol. The number of pyridine rings is 1. The van der Waals surface area contributed by atoms with Gasteiger partial charge in [0.2, 0.25) is 5.82 Å². The summed E-state index contributed by atoms with van der Waals surface area (Å²) in [6.07, 6.45) is 5.28. The Labute approximate surface area is 231 Å². The number of hydrogen-bond acceptors (Lipinski definition) is 8. The SMILES string of the molecule is N#Cc1nccc(NC2CCN(Cc3ccc(-c4nc5c(Cl)nccc5nc4-c4ccccc4)cc3)CC2)n1. The van der Waals surface area contributed by atoms with Gasteiger partial charge in [0.05, 0.1) is 16.9 Å². The highest BCUT2D eigenvalue weighted by Crippen LogP contribution is 2.32. The van der Waals surface area contributed by atoms with Gasteiger partial charge in [-0.15, -0.1) is 0 Å². The smallest absolute Gasteiger partial charge is 0.234 e. The number of nitrogens with zero attached hydrogens (tertiary/aromatic N) is 7. The summed E-state index contributed by atoms with van der Waals surface area (Å²) >= 11 is 6.37. The molecular weight excluding hydrogens is 508 g/mol. The first-order chi connectivity index (χ1) is 19.2. The molecular formula is C30H25ClN8. The first kappa shape index (κ1) is 24.9. The molecule has 0 amide bonds. The van der Waals surface area contributed by atoms with Gasteiger partial charge >= 0.3 is 0 Å². The normalized spacial score (nSPS) is 14.3. The van der Waals surface area contributed by atoms with Gasteiger partial charge in [-0.3, -0.25) is 4.90 Å². The molecule has 0 atom stereocenters. The molecule has 0 bridgehead atoms. The van der Waals surface area contributed by atoms with Crippen molar-refractivity contribution in [2.45, 2.75) is 25.4 Å². The van der Waals surface area contributed by atoms with E-state index in [2.05, 4.69) is 49.4 Å². The van der Waals surface area contributed by atoms with E-state index in [0.29, 0.717) is 22.5 Å². The number of aromatic nitrogens is 5. The third kappa shape index (κ3) is 5.55. The van der Waals surface area contributed by atoms with Gasteiger partial charge in [0.1, 0.15) is 17.4 Å². The van der Waals surface area contributed by atoms with Crippen LogP contribution in [0.4, 0.5) is 5.82 Å². The first-order valence-corrected chi connectivity index (χ1v) is 13.2. The van der Waals surface area contributed by atoms with Crippen molar-refractivity contribution >= 4 is 28.5 Å². The number of rotatable bonds is 6. The Bertz CT molecular complexity index is 1640. The van der Waals surface area contributed by atoms with Crippen LogP contribution in [0.5, 0.6) is 0 Å². The standard InChI is InChI=1S/C30H25ClN8/c31-30-29-24(10-14-34-30)36-27(21-4-2-1-3-5-21)28(38-29)22-8-6-20(7-9-22)19-39-16-12-23(13-17-39)35-25-11-15-33-26(18-32)37-25/h1-11,14-15,23H,12-13,16-17,19H2,(H,33,35,37). The summed E-state index contributed by atoms with van der Waals surface area (Å²) in [4.78, 5) is 24.7. The largest absolute Gasteiger partial charge is 0.367 e. The molecule has 192 valence electrons. The Morgan fingerprint density at radius 2 is 1.56 bits per heavy atom. The highest BCUT2D eigenvalue weighted by atomic mass is 35.5. The van der Waals surface area contributed by atoms with Crippen molar-refractivity contribution in [3.05, 3.63) is 95.7 Å². The van der Waals surface area contributed by atoms with Crippen LogP contribution >= 0.6 is 11.6 Å². The summed E-state index contributed by atoms with van der Waals surface area (Å²) in [7, 11) is 0. The van der Waals surface area contributed by atoms with E-state index < -0.39 is 0 Å². The molecule has 1 saturated heterocycles. The van der Waals surface area contributed by atoms with Gasteiger partial charge in [-0.25, -0.2) is 24.9 Å². The van der Waals surface area contributed by atoms with E-state index in [1.165, 1.54) is 5.56 Å². The van der Waals surface area contributed by atoms with E-state index in [4.69, 9.17) is 26.8 Å². The van der Waals surface area contributed by atoms with Crippen molar-refractivity contribution < 1.29 is 0 Å². The van der Waals surface area contributed by atoms with E-state index in [-0.39, 0.29) is 5.82 Å². The van der Waals surface area contributed by atoms with Crippen LogP contribution < -0.4 is 5.32 Å². The molecule has 5 aromatic rings. The maximum atomic E-state index is 9.02. The lowest BCUT2D eigenvalue weighted by atomic mass is 10.0. The molecule has 0 spiro atoms. The molecule has 3 aromatic heterocycles. The molecule has 0 unspecified atom stereocenters. The number of hydrogen-bond donors (Lipinski definition) is 1. The molecule has 6 rings (SSSR count). The fourth-order valence-electron chi connectivity index (χ4n) is 4.91. The average molecular weight is 533 g/mol. The number of benzene rings is 2. The lowest BCUT2D eigenvalue weighted by molar-refractivity contribution is 0.211. The average Bonchev–Trinajstić information content (AvgIpc) is 2.99. The summed E-state index contributed by atoms with van der Waals surface area (Å²) < 4.78 is 0. The van der Waals surface area contributed by atoms with Gasteiger partial charge in [0.15, 0.2) is 5.15 Å². The van der Waals surface area contributed by atoms with Crippen molar-refractivity contribution in [1.82, 2.24) is 29.8 Å². The molecule has 0 aliphatic carbocycles. The second kappa shape index (κ2) is 11.1. The lowest BCUT2D eigenvalue weighted by Gasteiger charge is -2.32. The van der Waals surface area contributed by atoms with Gasteiger partial charge in [-0.2, -0.15) is 5.26 Å². The van der Waals surface area contributed by atoms with Crippen molar-refractivity contribution in [1.29, 1.82) is 5.26 Å². The van der Waals surface area contributed by atoms with Gasteiger partial charge < -0.3 is 5.32 Å². The van der Waals surface area contributed by atoms with Crippen molar-refractivity contribution in [3.63, 3.8) is 0 Å². The topological polar surface area (TPSA) is 104 Å². The minimum Gasteiger partial charge on any atom is -0.367 e. The highest BCUT2D eigenvalue weighted by molar-refractivity contribution is 6.33. The van der Waals surface area contributed by atoms with Gasteiger partial charge in [0, 0.05) is 49.2 Å². The van der Waals surface area contributed by atoms with E-state index in [9.17, 15) is 0 Å². The molecule has 1 aliphatic heterocycles. The van der Waals surface area contributed by atoms with Crippen molar-refractivity contribution in [2.75, 3.05) is 18.4 Å². The molecule has 1 aliphatic rings. The Morgan fingerprint density at radius 1 is 0.846 bits per heavy atom. The van der Waals surface area contributed by atoms with Crippen LogP contribution in [0.3, 0.4) is 0 Å². The summed E-state index contributed by atoms with van der Waals surface area (Å²) in [5, 5.41) is 12.8. The summed E-state index contributed by atoms with van der Waals surface area (Å²) in [5.41, 5.74) is 6.15. The van der Waals surface area contributed by atoms with Crippen molar-refractivity contribution in [2.24, 2.45) is 0 Å². The lowest BCUT2D eigenvalue weighted by Crippen LogP contribution is -2.38. The van der Waals surface area contributed by atoms with Crippen LogP contribution in [0.2, 0.25) is 5.15 Å². The third-order valence-corrected chi connectivity index (χ3v) is 7.19. The fourth-order valence-corrected chi connectivity index (χ4v) is 5.11. The summed E-state index contributed by atoms with van der Waals surface area (Å²) in [6, 6.07) is 24.6. The molecule has 0 saturated carbocycles. The van der Waals surface area contributed by atoms with Gasteiger partial charge in [-0.05, 0) is 30.5 Å². The molecule has 4 heterocycles. The van der Waals surface area contributed by atoms with Gasteiger partial charge in [-0.1, -0.05) is 66.2 Å². The van der Waals surface area contributed by atoms with Gasteiger partial charge in [0.25, 0.3) is 0 Å². The zero-order chi connectivity index (χ0) is 26.6. The number of fused-ring (bicyclic) bond motifs is 1. The molecule has 9 heteroatoms. The van der Waals surface area contributed by atoms with Crippen LogP contribution in [0.25, 0.3) is 33.5 Å². The van der Waals surface area contributed by atoms with E-state index in [1.54, 1.807) is 12.4 Å². The Kier molecular flexibility index (Phi) is 7.09. The van der Waals surface area contributed by atoms with E-state index in [1.807, 2.05) is 48.5 Å². The Morgan fingerprint density at radius 3 is 2.33 bits per heavy atom. The minimum atomic E-state index is 0.186. The second-order valence-corrected chi connectivity index (χ2v) is 9.88. The highest BCUT2D eigenvalue weighted by Gasteiger charge is 2.20. The second-order valence-electron chi connectivity index (χ2n) is 9.53. The van der Waals surface area contributed by atoms with Crippen LogP contribution in [0.1, 0.15) is 24.2 Å². The molecule has 0 radical (unpaired) electrons. The number of nitrogens with one attached hydrogen (secondary N) is 1. The number of nitriles is 1. The summed E-state index contributed by atoms with van der Waals surface area (Å²) in [6.45, 7) is 2.84. The number of halogens is 1. The Hall–Kier alpha value is -4.45. The zero-order valence-electron chi connectivity index (χ0n) is 21.1.